The number of nitrogens with zero attached hydrogens (tertiary/aromatic N) is 4. The number of hydrogen-bond acceptors (Lipinski definition) is 3. The van der Waals surface area contributed by atoms with E-state index >= 15 is 0 Å². The van der Waals surface area contributed by atoms with E-state index in [9.17, 15) is 4.79 Å². The van der Waals surface area contributed by atoms with Gasteiger partial charge < -0.3 is 4.90 Å². The van der Waals surface area contributed by atoms with Gasteiger partial charge in [-0.2, -0.15) is 5.10 Å². The number of carbonyl (C=O) groups excluding carboxylic acids is 1. The van der Waals surface area contributed by atoms with Crippen molar-refractivity contribution < 1.29 is 4.79 Å². The Morgan fingerprint density at radius 2 is 2.24 bits per heavy atom. The van der Waals surface area contributed by atoms with E-state index in [1.807, 2.05) is 4.90 Å². The fourth-order valence-corrected chi connectivity index (χ4v) is 2.00. The predicted octanol–water partition coefficient (Wildman–Crippen LogP) is 1.26. The van der Waals surface area contributed by atoms with Crippen LogP contribution in [0.2, 0.25) is 0 Å². The molecule has 1 aliphatic rings. The van der Waals surface area contributed by atoms with E-state index in [1.54, 1.807) is 11.0 Å². The van der Waals surface area contributed by atoms with Gasteiger partial charge in [0.25, 0.3) is 0 Å². The number of carbonyl (C=O) groups is 1. The van der Waals surface area contributed by atoms with Gasteiger partial charge in [0.1, 0.15) is 12.7 Å². The zero-order valence-corrected chi connectivity index (χ0v) is 10.3. The predicted molar refractivity (Wildman–Crippen MR) is 64.2 cm³/mol. The molecular formula is C12H18N4O. The van der Waals surface area contributed by atoms with Crippen LogP contribution in [0.1, 0.15) is 26.3 Å². The Balaban J connectivity index is 1.83. The maximum Gasteiger partial charge on any atom is 0.249 e. The summed E-state index contributed by atoms with van der Waals surface area (Å²) >= 11 is 0. The molecule has 2 heterocycles. The molecule has 0 saturated carbocycles. The molecule has 0 aliphatic carbocycles. The second-order valence-electron chi connectivity index (χ2n) is 4.94. The summed E-state index contributed by atoms with van der Waals surface area (Å²) in [6.45, 7) is 9.45. The van der Waals surface area contributed by atoms with Crippen LogP contribution in [-0.4, -0.2) is 38.7 Å². The normalized spacial score (nSPS) is 16.1. The molecule has 5 heteroatoms. The lowest BCUT2D eigenvalue weighted by Gasteiger charge is -2.39. The standard InChI is InChI=1S/C12H18N4O/c1-9(2)4-10(3)12(17)15-5-11(6-15)16-8-13-7-14-16/h7-9,11H,3-6H2,1-2H3. The van der Waals surface area contributed by atoms with Gasteiger partial charge in [0.2, 0.25) is 5.91 Å². The van der Waals surface area contributed by atoms with E-state index in [4.69, 9.17) is 0 Å². The van der Waals surface area contributed by atoms with Crippen LogP contribution in [0.4, 0.5) is 0 Å². The number of aromatic nitrogens is 3. The Kier molecular flexibility index (Phi) is 3.26. The summed E-state index contributed by atoms with van der Waals surface area (Å²) in [4.78, 5) is 17.7. The lowest BCUT2D eigenvalue weighted by atomic mass is 10.0. The van der Waals surface area contributed by atoms with Gasteiger partial charge >= 0.3 is 0 Å². The maximum atomic E-state index is 12.0. The van der Waals surface area contributed by atoms with Crippen LogP contribution in [0.5, 0.6) is 0 Å². The highest BCUT2D eigenvalue weighted by atomic mass is 16.2. The Bertz CT molecular complexity index is 404. The molecule has 1 aromatic heterocycles. The van der Waals surface area contributed by atoms with E-state index in [0.717, 1.165) is 6.42 Å². The van der Waals surface area contributed by atoms with E-state index in [0.29, 0.717) is 24.6 Å². The molecule has 2 rings (SSSR count). The average Bonchev–Trinajstić information content (AvgIpc) is 2.67. The molecule has 92 valence electrons. The van der Waals surface area contributed by atoms with Crippen molar-refractivity contribution >= 4 is 5.91 Å². The molecule has 1 amide bonds. The smallest absolute Gasteiger partial charge is 0.249 e. The van der Waals surface area contributed by atoms with Crippen LogP contribution < -0.4 is 0 Å². The van der Waals surface area contributed by atoms with Crippen LogP contribution in [0, 0.1) is 5.92 Å². The lowest BCUT2D eigenvalue weighted by Crippen LogP contribution is -2.51. The van der Waals surface area contributed by atoms with E-state index in [1.165, 1.54) is 6.33 Å². The van der Waals surface area contributed by atoms with Gasteiger partial charge in [0.05, 0.1) is 6.04 Å². The maximum absolute atomic E-state index is 12.0. The number of rotatable bonds is 4. The van der Waals surface area contributed by atoms with E-state index in [-0.39, 0.29) is 11.9 Å². The Labute approximate surface area is 101 Å². The van der Waals surface area contributed by atoms with Crippen molar-refractivity contribution in [2.75, 3.05) is 13.1 Å². The minimum atomic E-state index is 0.0788. The van der Waals surface area contributed by atoms with Gasteiger partial charge in [-0.3, -0.25) is 4.79 Å². The van der Waals surface area contributed by atoms with Gasteiger partial charge in [-0.05, 0) is 12.3 Å². The summed E-state index contributed by atoms with van der Waals surface area (Å²) in [6, 6.07) is 0.272. The third-order valence-electron chi connectivity index (χ3n) is 2.92. The van der Waals surface area contributed by atoms with Crippen LogP contribution in [0.25, 0.3) is 0 Å². The molecule has 0 bridgehead atoms. The van der Waals surface area contributed by atoms with Gasteiger partial charge in [-0.15, -0.1) is 0 Å². The third kappa shape index (κ3) is 2.54. The fraction of sp³-hybridized carbons (Fsp3) is 0.583. The van der Waals surface area contributed by atoms with Crippen molar-refractivity contribution in [3.8, 4) is 0 Å². The molecular weight excluding hydrogens is 216 g/mol. The molecule has 0 N–H and O–H groups in total. The zero-order chi connectivity index (χ0) is 12.4. The zero-order valence-electron chi connectivity index (χ0n) is 10.3. The summed E-state index contributed by atoms with van der Waals surface area (Å²) in [7, 11) is 0. The van der Waals surface area contributed by atoms with Crippen molar-refractivity contribution in [3.05, 3.63) is 24.8 Å². The second-order valence-corrected chi connectivity index (χ2v) is 4.94. The fourth-order valence-electron chi connectivity index (χ4n) is 2.00. The molecule has 1 aromatic rings. The van der Waals surface area contributed by atoms with Crippen molar-refractivity contribution in [3.63, 3.8) is 0 Å². The lowest BCUT2D eigenvalue weighted by molar-refractivity contribution is -0.133. The highest BCUT2D eigenvalue weighted by Gasteiger charge is 2.33. The molecule has 17 heavy (non-hydrogen) atoms. The van der Waals surface area contributed by atoms with Crippen LogP contribution in [-0.2, 0) is 4.79 Å². The summed E-state index contributed by atoms with van der Waals surface area (Å²) < 4.78 is 1.80. The van der Waals surface area contributed by atoms with E-state index < -0.39 is 0 Å². The number of amides is 1. The molecule has 0 aromatic carbocycles. The quantitative estimate of drug-likeness (QED) is 0.737. The minimum Gasteiger partial charge on any atom is -0.335 e. The summed E-state index contributed by atoms with van der Waals surface area (Å²) in [5.74, 6) is 0.550. The Hall–Kier alpha value is -1.65. The monoisotopic (exact) mass is 234 g/mol. The van der Waals surface area contributed by atoms with Crippen LogP contribution in [0.15, 0.2) is 24.8 Å². The first-order chi connectivity index (χ1) is 8.08. The second kappa shape index (κ2) is 4.69. The number of hydrogen-bond donors (Lipinski definition) is 0. The van der Waals surface area contributed by atoms with Gasteiger partial charge in [0.15, 0.2) is 0 Å². The highest BCUT2D eigenvalue weighted by Crippen LogP contribution is 2.23. The molecule has 5 nitrogen and oxygen atoms in total. The first-order valence-electron chi connectivity index (χ1n) is 5.89. The molecule has 0 unspecified atom stereocenters. The molecule has 1 saturated heterocycles. The topological polar surface area (TPSA) is 51.0 Å². The highest BCUT2D eigenvalue weighted by molar-refractivity contribution is 5.93. The molecule has 0 atom stereocenters. The largest absolute Gasteiger partial charge is 0.335 e. The Morgan fingerprint density at radius 1 is 1.53 bits per heavy atom. The molecule has 0 radical (unpaired) electrons. The summed E-state index contributed by atoms with van der Waals surface area (Å²) in [5.41, 5.74) is 0.706. The van der Waals surface area contributed by atoms with Gasteiger partial charge in [-0.25, -0.2) is 9.67 Å². The third-order valence-corrected chi connectivity index (χ3v) is 2.92. The van der Waals surface area contributed by atoms with E-state index in [2.05, 4.69) is 30.5 Å². The summed E-state index contributed by atoms with van der Waals surface area (Å²) in [5, 5.41) is 4.07. The van der Waals surface area contributed by atoms with Gasteiger partial charge in [0, 0.05) is 18.7 Å². The van der Waals surface area contributed by atoms with Crippen LogP contribution >= 0.6 is 0 Å². The van der Waals surface area contributed by atoms with Gasteiger partial charge in [-0.1, -0.05) is 20.4 Å². The van der Waals surface area contributed by atoms with Crippen molar-refractivity contribution in [2.24, 2.45) is 5.92 Å². The summed E-state index contributed by atoms with van der Waals surface area (Å²) in [6.07, 6.45) is 3.97. The van der Waals surface area contributed by atoms with Crippen molar-refractivity contribution in [2.45, 2.75) is 26.3 Å². The number of likely N-dealkylation sites (tertiary alicyclic amines) is 1. The van der Waals surface area contributed by atoms with Crippen LogP contribution in [0.3, 0.4) is 0 Å². The average molecular weight is 234 g/mol. The molecule has 0 spiro atoms. The Morgan fingerprint density at radius 3 is 2.76 bits per heavy atom. The SMILES string of the molecule is C=C(CC(C)C)C(=O)N1CC(n2cncn2)C1. The van der Waals surface area contributed by atoms with Crippen molar-refractivity contribution in [1.82, 2.24) is 19.7 Å². The van der Waals surface area contributed by atoms with Crippen molar-refractivity contribution in [1.29, 1.82) is 0 Å². The first-order valence-corrected chi connectivity index (χ1v) is 5.89. The molecule has 1 fully saturated rings. The molecule has 1 aliphatic heterocycles. The first kappa shape index (κ1) is 11.8. The minimum absolute atomic E-state index is 0.0788.